The molecule has 1 heterocycles. The number of benzene rings is 1. The first-order valence-electron chi connectivity index (χ1n) is 5.09. The molecule has 0 spiro atoms. The molecule has 0 aliphatic heterocycles. The summed E-state index contributed by atoms with van der Waals surface area (Å²) in [6.07, 6.45) is 4.80. The van der Waals surface area contributed by atoms with Crippen LogP contribution >= 0.6 is 0 Å². The first kappa shape index (κ1) is 11.9. The molecule has 0 aliphatic carbocycles. The highest BCUT2D eigenvalue weighted by Crippen LogP contribution is 2.15. The standard InChI is InChI=1S/C12H13NO3S/c1-17(15,16)12-4-2-11(3-5-12)13-7-6-10(8-13)9-14/h2-8,14H,9H2,1H3. The maximum atomic E-state index is 11.3. The van der Waals surface area contributed by atoms with E-state index >= 15 is 0 Å². The fourth-order valence-electron chi connectivity index (χ4n) is 1.56. The zero-order valence-electron chi connectivity index (χ0n) is 9.37. The zero-order valence-corrected chi connectivity index (χ0v) is 10.2. The van der Waals surface area contributed by atoms with Gasteiger partial charge in [0.15, 0.2) is 9.84 Å². The molecule has 0 aliphatic rings. The lowest BCUT2D eigenvalue weighted by Gasteiger charge is -2.04. The molecule has 0 bridgehead atoms. The number of hydrogen-bond donors (Lipinski definition) is 1. The average Bonchev–Trinajstić information content (AvgIpc) is 2.76. The van der Waals surface area contributed by atoms with Crippen molar-refractivity contribution in [3.63, 3.8) is 0 Å². The second kappa shape index (κ2) is 4.35. The quantitative estimate of drug-likeness (QED) is 0.896. The zero-order chi connectivity index (χ0) is 12.5. The molecule has 1 aromatic heterocycles. The van der Waals surface area contributed by atoms with Crippen LogP contribution < -0.4 is 0 Å². The summed E-state index contributed by atoms with van der Waals surface area (Å²) in [5.74, 6) is 0. The molecule has 90 valence electrons. The lowest BCUT2D eigenvalue weighted by Crippen LogP contribution is -1.97. The molecular formula is C12H13NO3S. The summed E-state index contributed by atoms with van der Waals surface area (Å²) in [6.45, 7) is -0.00553. The third-order valence-corrected chi connectivity index (χ3v) is 3.63. The Labute approximate surface area is 100 Å². The van der Waals surface area contributed by atoms with Gasteiger partial charge in [-0.2, -0.15) is 0 Å². The van der Waals surface area contributed by atoms with E-state index in [1.54, 1.807) is 30.5 Å². The molecule has 1 aromatic carbocycles. The molecule has 0 fully saturated rings. The first-order chi connectivity index (χ1) is 8.00. The summed E-state index contributed by atoms with van der Waals surface area (Å²) in [5, 5.41) is 8.96. The summed E-state index contributed by atoms with van der Waals surface area (Å²) in [5.41, 5.74) is 1.68. The molecule has 17 heavy (non-hydrogen) atoms. The predicted octanol–water partition coefficient (Wildman–Crippen LogP) is 1.37. The van der Waals surface area contributed by atoms with Gasteiger partial charge in [-0.05, 0) is 35.9 Å². The molecule has 0 saturated carbocycles. The van der Waals surface area contributed by atoms with Gasteiger partial charge in [0.05, 0.1) is 11.5 Å². The summed E-state index contributed by atoms with van der Waals surface area (Å²) < 4.78 is 24.4. The highest BCUT2D eigenvalue weighted by atomic mass is 32.2. The lowest BCUT2D eigenvalue weighted by molar-refractivity contribution is 0.282. The minimum atomic E-state index is -3.15. The summed E-state index contributed by atoms with van der Waals surface area (Å²) in [6, 6.07) is 8.42. The summed E-state index contributed by atoms with van der Waals surface area (Å²) in [7, 11) is -3.15. The molecule has 5 heteroatoms. The molecule has 0 amide bonds. The van der Waals surface area contributed by atoms with Gasteiger partial charge < -0.3 is 9.67 Å². The van der Waals surface area contributed by atoms with E-state index in [1.807, 2.05) is 16.8 Å². The smallest absolute Gasteiger partial charge is 0.175 e. The number of aliphatic hydroxyl groups excluding tert-OH is 1. The predicted molar refractivity (Wildman–Crippen MR) is 64.8 cm³/mol. The number of aromatic nitrogens is 1. The molecule has 0 atom stereocenters. The van der Waals surface area contributed by atoms with Crippen molar-refractivity contribution in [2.24, 2.45) is 0 Å². The maximum Gasteiger partial charge on any atom is 0.175 e. The highest BCUT2D eigenvalue weighted by molar-refractivity contribution is 7.90. The maximum absolute atomic E-state index is 11.3. The van der Waals surface area contributed by atoms with E-state index in [4.69, 9.17) is 5.11 Å². The van der Waals surface area contributed by atoms with Crippen molar-refractivity contribution in [2.45, 2.75) is 11.5 Å². The van der Waals surface area contributed by atoms with Crippen LogP contribution in [0.1, 0.15) is 5.56 Å². The van der Waals surface area contributed by atoms with Gasteiger partial charge in [-0.1, -0.05) is 0 Å². The fourth-order valence-corrected chi connectivity index (χ4v) is 2.19. The molecule has 2 rings (SSSR count). The second-order valence-electron chi connectivity index (χ2n) is 3.85. The Hall–Kier alpha value is -1.59. The number of rotatable bonds is 3. The Morgan fingerprint density at radius 2 is 1.82 bits per heavy atom. The van der Waals surface area contributed by atoms with Gasteiger partial charge in [0.25, 0.3) is 0 Å². The number of aliphatic hydroxyl groups is 1. The van der Waals surface area contributed by atoms with Crippen molar-refractivity contribution in [3.8, 4) is 5.69 Å². The molecule has 1 N–H and O–H groups in total. The van der Waals surface area contributed by atoms with E-state index < -0.39 is 9.84 Å². The summed E-state index contributed by atoms with van der Waals surface area (Å²) >= 11 is 0. The molecule has 0 radical (unpaired) electrons. The second-order valence-corrected chi connectivity index (χ2v) is 5.87. The van der Waals surface area contributed by atoms with Gasteiger partial charge in [0.1, 0.15) is 0 Å². The minimum absolute atomic E-state index is 0.00553. The van der Waals surface area contributed by atoms with Crippen molar-refractivity contribution in [1.29, 1.82) is 0 Å². The van der Waals surface area contributed by atoms with E-state index in [0.717, 1.165) is 11.3 Å². The van der Waals surface area contributed by atoms with Crippen LogP contribution in [0.4, 0.5) is 0 Å². The van der Waals surface area contributed by atoms with Crippen molar-refractivity contribution in [3.05, 3.63) is 48.3 Å². The third kappa shape index (κ3) is 2.57. The normalized spacial score (nSPS) is 11.6. The SMILES string of the molecule is CS(=O)(=O)c1ccc(-n2ccc(CO)c2)cc1. The lowest BCUT2D eigenvalue weighted by atomic mass is 10.3. The monoisotopic (exact) mass is 251 g/mol. The van der Waals surface area contributed by atoms with Crippen molar-refractivity contribution >= 4 is 9.84 Å². The largest absolute Gasteiger partial charge is 0.392 e. The van der Waals surface area contributed by atoms with E-state index in [1.165, 1.54) is 6.26 Å². The molecule has 0 unspecified atom stereocenters. The van der Waals surface area contributed by atoms with E-state index in [-0.39, 0.29) is 6.61 Å². The van der Waals surface area contributed by atoms with Crippen molar-refractivity contribution < 1.29 is 13.5 Å². The van der Waals surface area contributed by atoms with Crippen molar-refractivity contribution in [1.82, 2.24) is 4.57 Å². The van der Waals surface area contributed by atoms with Crippen LogP contribution in [0.15, 0.2) is 47.6 Å². The van der Waals surface area contributed by atoms with Gasteiger partial charge in [-0.15, -0.1) is 0 Å². The Balaban J connectivity index is 2.35. The van der Waals surface area contributed by atoms with Crippen molar-refractivity contribution in [2.75, 3.05) is 6.26 Å². The molecule has 4 nitrogen and oxygen atoms in total. The van der Waals surface area contributed by atoms with Crippen LogP contribution in [0.2, 0.25) is 0 Å². The average molecular weight is 251 g/mol. The summed E-state index contributed by atoms with van der Waals surface area (Å²) in [4.78, 5) is 0.302. The Bertz CT molecular complexity index is 611. The minimum Gasteiger partial charge on any atom is -0.392 e. The van der Waals surface area contributed by atoms with Gasteiger partial charge >= 0.3 is 0 Å². The van der Waals surface area contributed by atoms with Crippen LogP contribution in [0.25, 0.3) is 5.69 Å². The highest BCUT2D eigenvalue weighted by Gasteiger charge is 2.06. The van der Waals surface area contributed by atoms with Gasteiger partial charge in [0, 0.05) is 24.3 Å². The Kier molecular flexibility index (Phi) is 3.04. The molecular weight excluding hydrogens is 238 g/mol. The van der Waals surface area contributed by atoms with Gasteiger partial charge in [-0.25, -0.2) is 8.42 Å². The van der Waals surface area contributed by atoms with Crippen LogP contribution in [0.3, 0.4) is 0 Å². The Morgan fingerprint density at radius 1 is 1.18 bits per heavy atom. The van der Waals surface area contributed by atoms with E-state index in [0.29, 0.717) is 4.90 Å². The topological polar surface area (TPSA) is 59.3 Å². The van der Waals surface area contributed by atoms with E-state index in [2.05, 4.69) is 0 Å². The van der Waals surface area contributed by atoms with Crippen LogP contribution in [0.5, 0.6) is 0 Å². The first-order valence-corrected chi connectivity index (χ1v) is 6.98. The molecule has 0 saturated heterocycles. The Morgan fingerprint density at radius 3 is 2.29 bits per heavy atom. The fraction of sp³-hybridized carbons (Fsp3) is 0.167. The number of nitrogens with zero attached hydrogens (tertiary/aromatic N) is 1. The number of hydrogen-bond acceptors (Lipinski definition) is 3. The number of sulfone groups is 1. The van der Waals surface area contributed by atoms with Gasteiger partial charge in [0.2, 0.25) is 0 Å². The van der Waals surface area contributed by atoms with Crippen LogP contribution in [0, 0.1) is 0 Å². The van der Waals surface area contributed by atoms with Crippen LogP contribution in [-0.4, -0.2) is 24.3 Å². The van der Waals surface area contributed by atoms with Crippen LogP contribution in [-0.2, 0) is 16.4 Å². The third-order valence-electron chi connectivity index (χ3n) is 2.50. The molecule has 2 aromatic rings. The van der Waals surface area contributed by atoms with E-state index in [9.17, 15) is 8.42 Å². The van der Waals surface area contributed by atoms with Gasteiger partial charge in [-0.3, -0.25) is 0 Å².